The Morgan fingerprint density at radius 1 is 0.957 bits per heavy atom. The summed E-state index contributed by atoms with van der Waals surface area (Å²) in [7, 11) is 0.190. The average Bonchev–Trinajstić information content (AvgIpc) is 3.03. The lowest BCUT2D eigenvalue weighted by Gasteiger charge is -2.19. The molecule has 0 bridgehead atoms. The van der Waals surface area contributed by atoms with E-state index in [2.05, 4.69) is 54.6 Å². The monoisotopic (exact) mass is 321 g/mol. The number of benzene rings is 2. The van der Waals surface area contributed by atoms with E-state index in [0.29, 0.717) is 5.78 Å². The molecule has 0 radical (unpaired) electrons. The maximum Gasteiger partial charge on any atom is 0.212 e. The molecule has 2 aliphatic rings. The van der Waals surface area contributed by atoms with Crippen LogP contribution < -0.4 is 0 Å². The van der Waals surface area contributed by atoms with Gasteiger partial charge in [-0.05, 0) is 30.0 Å². The van der Waals surface area contributed by atoms with Crippen LogP contribution in [0.1, 0.15) is 28.4 Å². The number of carbonyl (C=O) groups excluding carboxylic acids is 1. The Hall–Kier alpha value is -1.80. The van der Waals surface area contributed by atoms with E-state index in [9.17, 15) is 4.79 Å². The fourth-order valence-corrected chi connectivity index (χ4v) is 6.87. The second kappa shape index (κ2) is 6.37. The summed E-state index contributed by atoms with van der Waals surface area (Å²) in [6.45, 7) is 0. The molecule has 1 nitrogen and oxygen atoms in total. The van der Waals surface area contributed by atoms with Crippen LogP contribution in [0.2, 0.25) is 0 Å². The third-order valence-corrected chi connectivity index (χ3v) is 7.72. The number of ketones is 1. The van der Waals surface area contributed by atoms with Crippen LogP contribution in [-0.4, -0.2) is 17.3 Å². The standard InChI is InChI=1S/C21H21OS/c22-20-11-10-18-8-4-5-9-19(18)21(20)23-13-12-17(15-23)14-16-6-2-1-3-7-16/h1-11,17,21H,12-15H2/q+1. The molecule has 2 aromatic rings. The van der Waals surface area contributed by atoms with Crippen molar-refractivity contribution in [2.24, 2.45) is 5.92 Å². The van der Waals surface area contributed by atoms with Gasteiger partial charge in [0, 0.05) is 22.4 Å². The first-order valence-electron chi connectivity index (χ1n) is 8.32. The van der Waals surface area contributed by atoms with E-state index in [-0.39, 0.29) is 16.1 Å². The van der Waals surface area contributed by atoms with Crippen LogP contribution in [0.4, 0.5) is 0 Å². The van der Waals surface area contributed by atoms with Gasteiger partial charge < -0.3 is 0 Å². The summed E-state index contributed by atoms with van der Waals surface area (Å²) in [6, 6.07) is 19.2. The van der Waals surface area contributed by atoms with Crippen LogP contribution in [0.15, 0.2) is 60.7 Å². The van der Waals surface area contributed by atoms with Crippen LogP contribution in [0.5, 0.6) is 0 Å². The Kier molecular flexibility index (Phi) is 4.09. The average molecular weight is 321 g/mol. The van der Waals surface area contributed by atoms with Gasteiger partial charge in [0.2, 0.25) is 11.0 Å². The van der Waals surface area contributed by atoms with Crippen molar-refractivity contribution in [3.05, 3.63) is 77.4 Å². The minimum atomic E-state index is 0.108. The number of allylic oxidation sites excluding steroid dienone is 1. The van der Waals surface area contributed by atoms with Crippen molar-refractivity contribution in [1.82, 2.24) is 0 Å². The van der Waals surface area contributed by atoms with E-state index in [1.54, 1.807) is 6.08 Å². The summed E-state index contributed by atoms with van der Waals surface area (Å²) in [5.41, 5.74) is 3.91. The quantitative estimate of drug-likeness (QED) is 0.774. The van der Waals surface area contributed by atoms with Crippen molar-refractivity contribution in [2.75, 3.05) is 11.5 Å². The van der Waals surface area contributed by atoms with Gasteiger partial charge in [-0.25, -0.2) is 0 Å². The molecule has 2 heteroatoms. The van der Waals surface area contributed by atoms with E-state index in [0.717, 1.165) is 12.3 Å². The molecule has 1 aliphatic carbocycles. The molecule has 0 amide bonds. The molecular formula is C21H21OS+. The second-order valence-electron chi connectivity index (χ2n) is 6.50. The molecule has 4 rings (SSSR count). The van der Waals surface area contributed by atoms with Gasteiger partial charge in [-0.2, -0.15) is 0 Å². The summed E-state index contributed by atoms with van der Waals surface area (Å²) in [5.74, 6) is 3.45. The summed E-state index contributed by atoms with van der Waals surface area (Å²) in [4.78, 5) is 12.5. The minimum absolute atomic E-state index is 0.108. The molecule has 3 unspecified atom stereocenters. The molecule has 0 saturated carbocycles. The Bertz CT molecular complexity index is 735. The number of fused-ring (bicyclic) bond motifs is 1. The van der Waals surface area contributed by atoms with E-state index in [1.807, 2.05) is 6.08 Å². The van der Waals surface area contributed by atoms with Crippen molar-refractivity contribution >= 4 is 22.8 Å². The lowest BCUT2D eigenvalue weighted by molar-refractivity contribution is -0.114. The summed E-state index contributed by atoms with van der Waals surface area (Å²) >= 11 is 0. The molecule has 1 fully saturated rings. The highest BCUT2D eigenvalue weighted by molar-refractivity contribution is 7.98. The zero-order valence-corrected chi connectivity index (χ0v) is 14.0. The highest BCUT2D eigenvalue weighted by Crippen LogP contribution is 2.38. The van der Waals surface area contributed by atoms with E-state index in [4.69, 9.17) is 0 Å². The van der Waals surface area contributed by atoms with Gasteiger partial charge >= 0.3 is 0 Å². The molecule has 2 aromatic carbocycles. The maximum atomic E-state index is 12.5. The summed E-state index contributed by atoms with van der Waals surface area (Å²) in [6.07, 6.45) is 6.19. The van der Waals surface area contributed by atoms with Crippen LogP contribution >= 0.6 is 0 Å². The smallest absolute Gasteiger partial charge is 0.212 e. The van der Waals surface area contributed by atoms with Gasteiger partial charge in [0.15, 0.2) is 0 Å². The van der Waals surface area contributed by atoms with Gasteiger partial charge in [0.05, 0.1) is 0 Å². The van der Waals surface area contributed by atoms with Gasteiger partial charge in [-0.1, -0.05) is 60.7 Å². The molecule has 116 valence electrons. The fourth-order valence-electron chi connectivity index (χ4n) is 3.77. The summed E-state index contributed by atoms with van der Waals surface area (Å²) in [5, 5.41) is 0.108. The van der Waals surface area contributed by atoms with Crippen molar-refractivity contribution < 1.29 is 4.79 Å². The molecule has 1 aliphatic heterocycles. The molecule has 1 heterocycles. The van der Waals surface area contributed by atoms with Crippen molar-refractivity contribution in [2.45, 2.75) is 18.1 Å². The lowest BCUT2D eigenvalue weighted by Crippen LogP contribution is -2.26. The molecular weight excluding hydrogens is 300 g/mol. The highest BCUT2D eigenvalue weighted by atomic mass is 32.2. The predicted molar refractivity (Wildman–Crippen MR) is 98.6 cm³/mol. The predicted octanol–water partition coefficient (Wildman–Crippen LogP) is 4.20. The van der Waals surface area contributed by atoms with Gasteiger partial charge in [0.25, 0.3) is 0 Å². The van der Waals surface area contributed by atoms with E-state index >= 15 is 0 Å². The number of carbonyl (C=O) groups is 1. The fraction of sp³-hybridized carbons (Fsp3) is 0.286. The third kappa shape index (κ3) is 3.00. The molecule has 1 saturated heterocycles. The van der Waals surface area contributed by atoms with Crippen molar-refractivity contribution in [3.63, 3.8) is 0 Å². The van der Waals surface area contributed by atoms with Crippen LogP contribution in [-0.2, 0) is 22.1 Å². The second-order valence-corrected chi connectivity index (χ2v) is 8.79. The first kappa shape index (κ1) is 14.8. The van der Waals surface area contributed by atoms with E-state index in [1.165, 1.54) is 34.6 Å². The zero-order valence-electron chi connectivity index (χ0n) is 13.2. The molecule has 0 N–H and O–H groups in total. The van der Waals surface area contributed by atoms with Crippen molar-refractivity contribution in [3.8, 4) is 0 Å². The molecule has 23 heavy (non-hydrogen) atoms. The SMILES string of the molecule is O=C1C=Cc2ccccc2C1[S+]1CCC(Cc2ccccc2)C1. The molecule has 0 spiro atoms. The first-order valence-corrected chi connectivity index (χ1v) is 9.95. The summed E-state index contributed by atoms with van der Waals surface area (Å²) < 4.78 is 0. The number of hydrogen-bond donors (Lipinski definition) is 0. The van der Waals surface area contributed by atoms with Crippen LogP contribution in [0, 0.1) is 5.92 Å². The van der Waals surface area contributed by atoms with Crippen LogP contribution in [0.3, 0.4) is 0 Å². The third-order valence-electron chi connectivity index (χ3n) is 4.90. The maximum absolute atomic E-state index is 12.5. The minimum Gasteiger partial charge on any atom is -0.289 e. The van der Waals surface area contributed by atoms with Crippen molar-refractivity contribution in [1.29, 1.82) is 0 Å². The molecule has 0 aromatic heterocycles. The van der Waals surface area contributed by atoms with E-state index < -0.39 is 0 Å². The Balaban J connectivity index is 1.51. The van der Waals surface area contributed by atoms with Gasteiger partial charge in [-0.3, -0.25) is 4.79 Å². The largest absolute Gasteiger partial charge is 0.289 e. The zero-order chi connectivity index (χ0) is 15.6. The van der Waals surface area contributed by atoms with Gasteiger partial charge in [-0.15, -0.1) is 0 Å². The first-order chi connectivity index (χ1) is 11.3. The normalized spacial score (nSPS) is 26.3. The Labute approximate surface area is 140 Å². The van der Waals surface area contributed by atoms with Crippen LogP contribution in [0.25, 0.3) is 6.08 Å². The Morgan fingerprint density at radius 3 is 2.61 bits per heavy atom. The topological polar surface area (TPSA) is 17.1 Å². The number of hydrogen-bond acceptors (Lipinski definition) is 1. The van der Waals surface area contributed by atoms with Gasteiger partial charge in [0.1, 0.15) is 11.5 Å². The number of rotatable bonds is 3. The lowest BCUT2D eigenvalue weighted by atomic mass is 9.96. The highest BCUT2D eigenvalue weighted by Gasteiger charge is 2.44. The molecule has 3 atom stereocenters. The Morgan fingerprint density at radius 2 is 1.74 bits per heavy atom.